The highest BCUT2D eigenvalue weighted by Gasteiger charge is 2.34. The van der Waals surface area contributed by atoms with E-state index in [-0.39, 0.29) is 23.3 Å². The van der Waals surface area contributed by atoms with Gasteiger partial charge in [-0.05, 0) is 68.1 Å². The SMILES string of the molecule is COc1ccc(C)cc1S(=O)(=O)N1CCC[C@H](C(=O)NCCCNc2ccnc3cc(Cl)ccc23)C1. The summed E-state index contributed by atoms with van der Waals surface area (Å²) in [5, 5.41) is 7.99. The molecule has 0 bridgehead atoms. The van der Waals surface area contributed by atoms with Gasteiger partial charge >= 0.3 is 0 Å². The Labute approximate surface area is 217 Å². The van der Waals surface area contributed by atoms with E-state index in [2.05, 4.69) is 15.6 Å². The fraction of sp³-hybridized carbons (Fsp3) is 0.385. The predicted molar refractivity (Wildman–Crippen MR) is 142 cm³/mol. The van der Waals surface area contributed by atoms with E-state index in [1.807, 2.05) is 37.3 Å². The van der Waals surface area contributed by atoms with E-state index in [9.17, 15) is 13.2 Å². The summed E-state index contributed by atoms with van der Waals surface area (Å²) in [4.78, 5) is 17.3. The van der Waals surface area contributed by atoms with Gasteiger partial charge in [0.1, 0.15) is 10.6 Å². The molecule has 1 atom stereocenters. The fourth-order valence-electron chi connectivity index (χ4n) is 4.44. The van der Waals surface area contributed by atoms with E-state index < -0.39 is 10.0 Å². The number of carbonyl (C=O) groups excluding carboxylic acids is 1. The summed E-state index contributed by atoms with van der Waals surface area (Å²) in [5.74, 6) is -0.189. The van der Waals surface area contributed by atoms with E-state index in [0.717, 1.165) is 28.6 Å². The molecule has 1 aromatic heterocycles. The molecule has 10 heteroatoms. The molecule has 2 aromatic carbocycles. The van der Waals surface area contributed by atoms with Crippen molar-refractivity contribution in [3.05, 3.63) is 59.2 Å². The lowest BCUT2D eigenvalue weighted by Crippen LogP contribution is -2.45. The smallest absolute Gasteiger partial charge is 0.246 e. The third-order valence-electron chi connectivity index (χ3n) is 6.36. The number of ether oxygens (including phenoxy) is 1. The molecule has 2 N–H and O–H groups in total. The summed E-state index contributed by atoms with van der Waals surface area (Å²) in [7, 11) is -2.31. The van der Waals surface area contributed by atoms with Gasteiger partial charge in [-0.2, -0.15) is 4.31 Å². The molecule has 1 fully saturated rings. The van der Waals surface area contributed by atoms with Crippen LogP contribution in [0.25, 0.3) is 10.9 Å². The van der Waals surface area contributed by atoms with Gasteiger partial charge in [-0.25, -0.2) is 8.42 Å². The first-order valence-electron chi connectivity index (χ1n) is 12.0. The number of hydrogen-bond donors (Lipinski definition) is 2. The maximum absolute atomic E-state index is 13.3. The molecule has 0 saturated carbocycles. The second kappa shape index (κ2) is 11.5. The van der Waals surface area contributed by atoms with E-state index in [1.54, 1.807) is 18.3 Å². The number of nitrogens with one attached hydrogen (secondary N) is 2. The van der Waals surface area contributed by atoms with Crippen molar-refractivity contribution in [3.8, 4) is 5.75 Å². The quantitative estimate of drug-likeness (QED) is 0.402. The number of methoxy groups -OCH3 is 1. The second-order valence-electron chi connectivity index (χ2n) is 8.95. The van der Waals surface area contributed by atoms with Crippen LogP contribution in [0.3, 0.4) is 0 Å². The summed E-state index contributed by atoms with van der Waals surface area (Å²) in [6, 6.07) is 12.6. The van der Waals surface area contributed by atoms with Crippen molar-refractivity contribution >= 4 is 44.1 Å². The topological polar surface area (TPSA) is 101 Å². The molecule has 36 heavy (non-hydrogen) atoms. The average molecular weight is 531 g/mol. The van der Waals surface area contributed by atoms with Crippen LogP contribution in [-0.2, 0) is 14.8 Å². The summed E-state index contributed by atoms with van der Waals surface area (Å²) in [5.41, 5.74) is 2.61. The number of aryl methyl sites for hydroxylation is 1. The number of fused-ring (bicyclic) bond motifs is 1. The number of halogens is 1. The van der Waals surface area contributed by atoms with Crippen LogP contribution in [0.5, 0.6) is 5.75 Å². The molecule has 0 aliphatic carbocycles. The lowest BCUT2D eigenvalue weighted by Gasteiger charge is -2.31. The van der Waals surface area contributed by atoms with Gasteiger partial charge < -0.3 is 15.4 Å². The number of rotatable bonds is 9. The zero-order valence-corrected chi connectivity index (χ0v) is 22.0. The fourth-order valence-corrected chi connectivity index (χ4v) is 6.37. The van der Waals surface area contributed by atoms with E-state index in [4.69, 9.17) is 16.3 Å². The third-order valence-corrected chi connectivity index (χ3v) is 8.49. The molecule has 192 valence electrons. The van der Waals surface area contributed by atoms with Crippen molar-refractivity contribution in [2.75, 3.05) is 38.6 Å². The molecule has 4 rings (SSSR count). The van der Waals surface area contributed by atoms with Crippen LogP contribution >= 0.6 is 11.6 Å². The predicted octanol–water partition coefficient (Wildman–Crippen LogP) is 4.22. The molecule has 8 nitrogen and oxygen atoms in total. The number of benzene rings is 2. The second-order valence-corrected chi connectivity index (χ2v) is 11.3. The Kier molecular flexibility index (Phi) is 8.33. The van der Waals surface area contributed by atoms with Crippen LogP contribution < -0.4 is 15.4 Å². The number of hydrogen-bond acceptors (Lipinski definition) is 6. The molecule has 1 saturated heterocycles. The van der Waals surface area contributed by atoms with Crippen LogP contribution in [0.1, 0.15) is 24.8 Å². The van der Waals surface area contributed by atoms with Gasteiger partial charge in [-0.15, -0.1) is 0 Å². The Morgan fingerprint density at radius 3 is 2.83 bits per heavy atom. The first-order valence-corrected chi connectivity index (χ1v) is 13.8. The number of sulfonamides is 1. The van der Waals surface area contributed by atoms with Crippen molar-refractivity contribution in [3.63, 3.8) is 0 Å². The summed E-state index contributed by atoms with van der Waals surface area (Å²) >= 11 is 6.05. The van der Waals surface area contributed by atoms with Crippen LogP contribution in [-0.4, -0.2) is 56.9 Å². The Morgan fingerprint density at radius 2 is 2.03 bits per heavy atom. The summed E-state index contributed by atoms with van der Waals surface area (Å²) in [6.45, 7) is 3.55. The minimum Gasteiger partial charge on any atom is -0.495 e. The minimum atomic E-state index is -3.77. The highest BCUT2D eigenvalue weighted by Crippen LogP contribution is 2.30. The van der Waals surface area contributed by atoms with Gasteiger partial charge in [-0.3, -0.25) is 9.78 Å². The molecule has 0 radical (unpaired) electrons. The molecule has 2 heterocycles. The van der Waals surface area contributed by atoms with Crippen LogP contribution in [0.15, 0.2) is 53.6 Å². The van der Waals surface area contributed by atoms with Crippen LogP contribution in [0.4, 0.5) is 5.69 Å². The summed E-state index contributed by atoms with van der Waals surface area (Å²) < 4.78 is 33.3. The molecule has 1 aliphatic heterocycles. The Bertz CT molecular complexity index is 1350. The van der Waals surface area contributed by atoms with E-state index >= 15 is 0 Å². The zero-order chi connectivity index (χ0) is 25.7. The van der Waals surface area contributed by atoms with Crippen molar-refractivity contribution < 1.29 is 17.9 Å². The standard InChI is InChI=1S/C26H31ClN4O4S/c1-18-6-9-24(35-2)25(15-18)36(33,34)31-14-3-5-19(17-31)26(32)30-12-4-11-28-22-10-13-29-23-16-20(27)7-8-21(22)23/h6-10,13,15-16,19H,3-5,11-12,14,17H2,1-2H3,(H,28,29)(H,30,32)/t19-/m0/s1. The number of amides is 1. The molecule has 0 spiro atoms. The number of nitrogens with zero attached hydrogens (tertiary/aromatic N) is 2. The molecular formula is C26H31ClN4O4S. The molecule has 0 unspecified atom stereocenters. The Morgan fingerprint density at radius 1 is 1.19 bits per heavy atom. The maximum atomic E-state index is 13.3. The highest BCUT2D eigenvalue weighted by atomic mass is 35.5. The van der Waals surface area contributed by atoms with Crippen LogP contribution in [0.2, 0.25) is 5.02 Å². The van der Waals surface area contributed by atoms with Crippen molar-refractivity contribution in [2.45, 2.75) is 31.1 Å². The average Bonchev–Trinajstić information content (AvgIpc) is 2.88. The van der Waals surface area contributed by atoms with Gasteiger partial charge in [0.15, 0.2) is 0 Å². The molecule has 1 amide bonds. The maximum Gasteiger partial charge on any atom is 0.246 e. The first kappa shape index (κ1) is 26.2. The molecule has 1 aliphatic rings. The van der Waals surface area contributed by atoms with E-state index in [0.29, 0.717) is 43.2 Å². The third kappa shape index (κ3) is 5.91. The lowest BCUT2D eigenvalue weighted by molar-refractivity contribution is -0.126. The van der Waals surface area contributed by atoms with E-state index in [1.165, 1.54) is 11.4 Å². The summed E-state index contributed by atoms with van der Waals surface area (Å²) in [6.07, 6.45) is 3.75. The Hall–Kier alpha value is -2.88. The normalized spacial score (nSPS) is 16.6. The number of aromatic nitrogens is 1. The molecular weight excluding hydrogens is 500 g/mol. The van der Waals surface area contributed by atoms with Gasteiger partial charge in [0, 0.05) is 48.5 Å². The Balaban J connectivity index is 1.30. The van der Waals surface area contributed by atoms with Crippen molar-refractivity contribution in [2.24, 2.45) is 5.92 Å². The van der Waals surface area contributed by atoms with Gasteiger partial charge in [0.05, 0.1) is 18.5 Å². The lowest BCUT2D eigenvalue weighted by atomic mass is 9.99. The van der Waals surface area contributed by atoms with Gasteiger partial charge in [-0.1, -0.05) is 17.7 Å². The first-order chi connectivity index (χ1) is 17.3. The molecule has 3 aromatic rings. The number of piperidine rings is 1. The van der Waals surface area contributed by atoms with Crippen molar-refractivity contribution in [1.82, 2.24) is 14.6 Å². The number of anilines is 1. The largest absolute Gasteiger partial charge is 0.495 e. The highest BCUT2D eigenvalue weighted by molar-refractivity contribution is 7.89. The number of carbonyl (C=O) groups is 1. The van der Waals surface area contributed by atoms with Crippen molar-refractivity contribution in [1.29, 1.82) is 0 Å². The van der Waals surface area contributed by atoms with Gasteiger partial charge in [0.25, 0.3) is 0 Å². The number of pyridine rings is 1. The van der Waals surface area contributed by atoms with Crippen LogP contribution in [0, 0.1) is 12.8 Å². The minimum absolute atomic E-state index is 0.116. The zero-order valence-electron chi connectivity index (χ0n) is 20.5. The monoisotopic (exact) mass is 530 g/mol. The van der Waals surface area contributed by atoms with Gasteiger partial charge in [0.2, 0.25) is 15.9 Å².